The second-order valence-electron chi connectivity index (χ2n) is 6.06. The summed E-state index contributed by atoms with van der Waals surface area (Å²) in [7, 11) is 0. The lowest BCUT2D eigenvalue weighted by Gasteiger charge is -2.35. The zero-order valence-corrected chi connectivity index (χ0v) is 14.6. The molecular weight excluding hydrogens is 316 g/mol. The topological polar surface area (TPSA) is 81.9 Å². The Labute approximate surface area is 142 Å². The number of benzene rings is 1. The Hall–Kier alpha value is -1.89. The molecule has 0 saturated heterocycles. The Bertz CT molecular complexity index is 517. The van der Waals surface area contributed by atoms with Crippen LogP contribution in [0.2, 0.25) is 0 Å². The van der Waals surface area contributed by atoms with Gasteiger partial charge in [0, 0.05) is 17.8 Å². The lowest BCUT2D eigenvalue weighted by atomic mass is 10.1. The van der Waals surface area contributed by atoms with Gasteiger partial charge >= 0.3 is 12.2 Å². The van der Waals surface area contributed by atoms with Crippen LogP contribution in [0.25, 0.3) is 0 Å². The smallest absolute Gasteiger partial charge is 0.410 e. The van der Waals surface area contributed by atoms with Crippen molar-refractivity contribution in [2.45, 2.75) is 39.0 Å². The van der Waals surface area contributed by atoms with E-state index in [0.717, 1.165) is 5.56 Å². The Balaban J connectivity index is 2.77. The van der Waals surface area contributed by atoms with E-state index in [2.05, 4.69) is 17.4 Å². The molecule has 0 aliphatic carbocycles. The van der Waals surface area contributed by atoms with Crippen LogP contribution in [0.15, 0.2) is 30.3 Å². The maximum absolute atomic E-state index is 12.5. The van der Waals surface area contributed by atoms with Gasteiger partial charge in [-0.3, -0.25) is 4.90 Å². The summed E-state index contributed by atoms with van der Waals surface area (Å²) in [6.45, 7) is 6.07. The van der Waals surface area contributed by atoms with Gasteiger partial charge in [-0.05, 0) is 26.3 Å². The largest absolute Gasteiger partial charge is 0.446 e. The summed E-state index contributed by atoms with van der Waals surface area (Å²) < 4.78 is 10.1. The minimum Gasteiger partial charge on any atom is -0.446 e. The molecule has 2 N–H and O–H groups in total. The minimum absolute atomic E-state index is 0.117. The molecule has 128 valence electrons. The molecule has 1 atom stereocenters. The first-order chi connectivity index (χ1) is 10.7. The molecule has 0 fully saturated rings. The van der Waals surface area contributed by atoms with Crippen molar-refractivity contribution in [1.29, 1.82) is 0 Å². The molecular formula is C16H24N2O4S. The molecule has 1 aromatic carbocycles. The second kappa shape index (κ2) is 8.67. The molecule has 7 heteroatoms. The van der Waals surface area contributed by atoms with Gasteiger partial charge in [-0.1, -0.05) is 30.3 Å². The van der Waals surface area contributed by atoms with E-state index in [1.165, 1.54) is 0 Å². The van der Waals surface area contributed by atoms with E-state index in [-0.39, 0.29) is 12.4 Å². The third-order valence-electron chi connectivity index (χ3n) is 3.10. The number of hydrogen-bond donors (Lipinski definition) is 2. The quantitative estimate of drug-likeness (QED) is 0.780. The van der Waals surface area contributed by atoms with Crippen LogP contribution < -0.4 is 5.73 Å². The fourth-order valence-electron chi connectivity index (χ4n) is 1.85. The lowest BCUT2D eigenvalue weighted by molar-refractivity contribution is 0.0173. The molecule has 0 heterocycles. The molecule has 0 spiro atoms. The average molecular weight is 340 g/mol. The molecule has 0 aromatic heterocycles. The van der Waals surface area contributed by atoms with E-state index >= 15 is 0 Å². The number of hydrogen-bond acceptors (Lipinski definition) is 5. The van der Waals surface area contributed by atoms with Crippen molar-refractivity contribution in [3.05, 3.63) is 35.9 Å². The average Bonchev–Trinajstić information content (AvgIpc) is 2.48. The van der Waals surface area contributed by atoms with Crippen LogP contribution in [0.3, 0.4) is 0 Å². The van der Waals surface area contributed by atoms with E-state index in [1.54, 1.807) is 4.90 Å². The van der Waals surface area contributed by atoms with Gasteiger partial charge < -0.3 is 15.2 Å². The fourth-order valence-corrected chi connectivity index (χ4v) is 2.03. The van der Waals surface area contributed by atoms with E-state index in [9.17, 15) is 9.59 Å². The summed E-state index contributed by atoms with van der Waals surface area (Å²) in [5, 5.41) is 0. The summed E-state index contributed by atoms with van der Waals surface area (Å²) in [6.07, 6.45) is -2.06. The van der Waals surface area contributed by atoms with E-state index in [1.807, 2.05) is 51.1 Å². The zero-order chi connectivity index (χ0) is 17.5. The van der Waals surface area contributed by atoms with Gasteiger partial charge in [-0.2, -0.15) is 12.6 Å². The summed E-state index contributed by atoms with van der Waals surface area (Å²) in [4.78, 5) is 24.8. The number of nitrogens with two attached hydrogens (primary N) is 1. The Morgan fingerprint density at radius 2 is 1.87 bits per heavy atom. The summed E-state index contributed by atoms with van der Waals surface area (Å²) in [5.74, 6) is 0.225. The molecule has 23 heavy (non-hydrogen) atoms. The van der Waals surface area contributed by atoms with Crippen molar-refractivity contribution in [1.82, 2.24) is 4.90 Å². The SMILES string of the molecule is CC(C)(C)N(Cc1ccccc1)C(=O)O[C@@H](CS)COC(N)=O. The Morgan fingerprint density at radius 3 is 2.35 bits per heavy atom. The highest BCUT2D eigenvalue weighted by Gasteiger charge is 2.29. The second-order valence-corrected chi connectivity index (χ2v) is 6.43. The van der Waals surface area contributed by atoms with Crippen LogP contribution in [0.5, 0.6) is 0 Å². The Morgan fingerprint density at radius 1 is 1.26 bits per heavy atom. The number of ether oxygens (including phenoxy) is 2. The first-order valence-electron chi connectivity index (χ1n) is 7.29. The van der Waals surface area contributed by atoms with Crippen LogP contribution in [0.1, 0.15) is 26.3 Å². The van der Waals surface area contributed by atoms with Crippen LogP contribution in [0.4, 0.5) is 9.59 Å². The molecule has 0 saturated carbocycles. The van der Waals surface area contributed by atoms with Gasteiger partial charge in [-0.15, -0.1) is 0 Å². The standard InChI is InChI=1S/C16H24N2O4S/c1-16(2,3)18(9-12-7-5-4-6-8-12)15(20)22-13(11-23)10-21-14(17)19/h4-8,13,23H,9-11H2,1-3H3,(H2,17,19)/t13-/m1/s1. The lowest BCUT2D eigenvalue weighted by Crippen LogP contribution is -2.47. The fraction of sp³-hybridized carbons (Fsp3) is 0.500. The van der Waals surface area contributed by atoms with Crippen LogP contribution in [-0.2, 0) is 16.0 Å². The molecule has 0 aliphatic heterocycles. The Kier molecular flexibility index (Phi) is 7.22. The van der Waals surface area contributed by atoms with Gasteiger partial charge in [-0.25, -0.2) is 9.59 Å². The normalized spacial score (nSPS) is 12.3. The van der Waals surface area contributed by atoms with Crippen LogP contribution >= 0.6 is 12.6 Å². The number of rotatable bonds is 6. The predicted octanol–water partition coefficient (Wildman–Crippen LogP) is 2.82. The van der Waals surface area contributed by atoms with Crippen molar-refractivity contribution in [3.63, 3.8) is 0 Å². The van der Waals surface area contributed by atoms with Gasteiger partial charge in [0.2, 0.25) is 0 Å². The van der Waals surface area contributed by atoms with Gasteiger partial charge in [0.05, 0.1) is 0 Å². The monoisotopic (exact) mass is 340 g/mol. The maximum Gasteiger partial charge on any atom is 0.410 e. The number of nitrogens with zero attached hydrogens (tertiary/aromatic N) is 1. The number of thiol groups is 1. The van der Waals surface area contributed by atoms with Gasteiger partial charge in [0.1, 0.15) is 12.7 Å². The van der Waals surface area contributed by atoms with Gasteiger partial charge in [0.25, 0.3) is 0 Å². The third-order valence-corrected chi connectivity index (χ3v) is 3.50. The van der Waals surface area contributed by atoms with E-state index in [0.29, 0.717) is 6.54 Å². The first kappa shape index (κ1) is 19.2. The molecule has 0 bridgehead atoms. The molecule has 6 nitrogen and oxygen atoms in total. The van der Waals surface area contributed by atoms with Crippen LogP contribution in [-0.4, -0.2) is 41.1 Å². The predicted molar refractivity (Wildman–Crippen MR) is 91.4 cm³/mol. The van der Waals surface area contributed by atoms with Crippen LogP contribution in [0, 0.1) is 0 Å². The minimum atomic E-state index is -0.912. The summed E-state index contributed by atoms with van der Waals surface area (Å²) >= 11 is 4.11. The molecule has 0 aliphatic rings. The highest BCUT2D eigenvalue weighted by molar-refractivity contribution is 7.80. The number of carbonyl (C=O) groups is 2. The van der Waals surface area contributed by atoms with E-state index < -0.39 is 23.8 Å². The molecule has 1 rings (SSSR count). The number of primary amides is 1. The van der Waals surface area contributed by atoms with Crippen molar-refractivity contribution >= 4 is 24.8 Å². The van der Waals surface area contributed by atoms with Crippen molar-refractivity contribution < 1.29 is 19.1 Å². The molecule has 0 unspecified atom stereocenters. The number of amides is 2. The maximum atomic E-state index is 12.5. The summed E-state index contributed by atoms with van der Waals surface area (Å²) in [6, 6.07) is 9.63. The zero-order valence-electron chi connectivity index (χ0n) is 13.7. The van der Waals surface area contributed by atoms with E-state index in [4.69, 9.17) is 10.5 Å². The highest BCUT2D eigenvalue weighted by atomic mass is 32.1. The summed E-state index contributed by atoms with van der Waals surface area (Å²) in [5.41, 5.74) is 5.48. The molecule has 0 radical (unpaired) electrons. The highest BCUT2D eigenvalue weighted by Crippen LogP contribution is 2.19. The molecule has 2 amide bonds. The van der Waals surface area contributed by atoms with Gasteiger partial charge in [0.15, 0.2) is 0 Å². The van der Waals surface area contributed by atoms with Crippen molar-refractivity contribution in [3.8, 4) is 0 Å². The third kappa shape index (κ3) is 6.81. The number of carbonyl (C=O) groups excluding carboxylic acids is 2. The first-order valence-corrected chi connectivity index (χ1v) is 7.92. The molecule has 1 aromatic rings. The van der Waals surface area contributed by atoms with Crippen molar-refractivity contribution in [2.75, 3.05) is 12.4 Å². The van der Waals surface area contributed by atoms with Crippen molar-refractivity contribution in [2.24, 2.45) is 5.73 Å².